The summed E-state index contributed by atoms with van der Waals surface area (Å²) in [4.78, 5) is 14.7. The highest BCUT2D eigenvalue weighted by molar-refractivity contribution is 6.30. The van der Waals surface area contributed by atoms with Gasteiger partial charge in [-0.2, -0.15) is 0 Å². The highest BCUT2D eigenvalue weighted by atomic mass is 35.5. The van der Waals surface area contributed by atoms with Crippen molar-refractivity contribution < 1.29 is 4.79 Å². The van der Waals surface area contributed by atoms with Crippen molar-refractivity contribution in [1.82, 2.24) is 10.2 Å². The van der Waals surface area contributed by atoms with Gasteiger partial charge in [0.2, 0.25) is 5.91 Å². The van der Waals surface area contributed by atoms with E-state index in [1.165, 1.54) is 44.1 Å². The minimum Gasteiger partial charge on any atom is -0.355 e. The van der Waals surface area contributed by atoms with Crippen LogP contribution in [0.1, 0.15) is 44.1 Å². The fourth-order valence-electron chi connectivity index (χ4n) is 4.20. The molecule has 1 heterocycles. The molecule has 1 aromatic rings. The number of likely N-dealkylation sites (tertiary alicyclic amines) is 1. The van der Waals surface area contributed by atoms with Crippen molar-refractivity contribution in [1.29, 1.82) is 0 Å². The van der Waals surface area contributed by atoms with Gasteiger partial charge in [0.1, 0.15) is 0 Å². The number of nitrogens with one attached hydrogen (secondary N) is 1. The molecule has 3 rings (SSSR count). The zero-order valence-electron chi connectivity index (χ0n) is 13.8. The molecule has 1 amide bonds. The van der Waals surface area contributed by atoms with Gasteiger partial charge in [0.25, 0.3) is 0 Å². The van der Waals surface area contributed by atoms with Crippen molar-refractivity contribution in [3.8, 4) is 0 Å². The minimum atomic E-state index is 0.165. The molecule has 2 atom stereocenters. The van der Waals surface area contributed by atoms with Crippen molar-refractivity contribution >= 4 is 17.5 Å². The summed E-state index contributed by atoms with van der Waals surface area (Å²) < 4.78 is 0. The molecule has 3 nitrogen and oxygen atoms in total. The molecule has 1 aliphatic heterocycles. The van der Waals surface area contributed by atoms with Crippen LogP contribution >= 0.6 is 11.6 Å². The summed E-state index contributed by atoms with van der Waals surface area (Å²) in [7, 11) is 0. The van der Waals surface area contributed by atoms with Crippen LogP contribution < -0.4 is 5.32 Å². The number of piperidine rings is 1. The lowest BCUT2D eigenvalue weighted by Crippen LogP contribution is -2.50. The number of carbonyl (C=O) groups excluding carboxylic acids is 1. The lowest BCUT2D eigenvalue weighted by atomic mass is 9.78. The molecular weight excluding hydrogens is 308 g/mol. The zero-order valence-corrected chi connectivity index (χ0v) is 14.5. The van der Waals surface area contributed by atoms with E-state index in [-0.39, 0.29) is 5.91 Å². The average Bonchev–Trinajstić information content (AvgIpc) is 2.55. The van der Waals surface area contributed by atoms with Crippen LogP contribution in [0.5, 0.6) is 0 Å². The molecule has 23 heavy (non-hydrogen) atoms. The lowest BCUT2D eigenvalue weighted by Gasteiger charge is -2.43. The second-order valence-electron chi connectivity index (χ2n) is 6.95. The normalized spacial score (nSPS) is 24.9. The zero-order chi connectivity index (χ0) is 16.1. The lowest BCUT2D eigenvalue weighted by molar-refractivity contribution is -0.123. The summed E-state index contributed by atoms with van der Waals surface area (Å²) >= 11 is 5.99. The van der Waals surface area contributed by atoms with Crippen LogP contribution in [0.2, 0.25) is 5.02 Å². The molecule has 126 valence electrons. The van der Waals surface area contributed by atoms with Gasteiger partial charge in [0, 0.05) is 17.6 Å². The smallest absolute Gasteiger partial charge is 0.234 e. The molecule has 0 aromatic heterocycles. The van der Waals surface area contributed by atoms with Crippen LogP contribution in [0.4, 0.5) is 0 Å². The van der Waals surface area contributed by atoms with E-state index in [1.54, 1.807) is 0 Å². The number of hydrogen-bond donors (Lipinski definition) is 1. The number of benzene rings is 1. The van der Waals surface area contributed by atoms with Gasteiger partial charge >= 0.3 is 0 Å². The molecule has 1 aromatic carbocycles. The molecular formula is C19H27ClN2O. The van der Waals surface area contributed by atoms with Crippen LogP contribution in [0.25, 0.3) is 0 Å². The highest BCUT2D eigenvalue weighted by Crippen LogP contribution is 2.34. The summed E-state index contributed by atoms with van der Waals surface area (Å²) in [5.74, 6) is 0.995. The number of carbonyl (C=O) groups is 1. The average molecular weight is 335 g/mol. The molecule has 0 spiro atoms. The Bertz CT molecular complexity index is 532. The third kappa shape index (κ3) is 4.71. The first-order chi connectivity index (χ1) is 11.2. The van der Waals surface area contributed by atoms with Crippen molar-refractivity contribution in [3.05, 3.63) is 34.9 Å². The van der Waals surface area contributed by atoms with Gasteiger partial charge in [0.15, 0.2) is 0 Å². The van der Waals surface area contributed by atoms with Crippen molar-refractivity contribution in [3.63, 3.8) is 0 Å². The van der Waals surface area contributed by atoms with Gasteiger partial charge in [-0.15, -0.1) is 0 Å². The van der Waals surface area contributed by atoms with Gasteiger partial charge in [-0.3, -0.25) is 9.69 Å². The Kier molecular flexibility index (Phi) is 5.96. The number of hydrogen-bond acceptors (Lipinski definition) is 2. The first kappa shape index (κ1) is 16.8. The monoisotopic (exact) mass is 334 g/mol. The van der Waals surface area contributed by atoms with Crippen molar-refractivity contribution in [2.45, 2.75) is 51.0 Å². The molecule has 4 heteroatoms. The Morgan fingerprint density at radius 3 is 2.91 bits per heavy atom. The van der Waals surface area contributed by atoms with Crippen LogP contribution in [0, 0.1) is 5.92 Å². The molecule has 1 N–H and O–H groups in total. The summed E-state index contributed by atoms with van der Waals surface area (Å²) in [5, 5.41) is 3.82. The van der Waals surface area contributed by atoms with Crippen LogP contribution in [-0.4, -0.2) is 36.5 Å². The fourth-order valence-corrected chi connectivity index (χ4v) is 4.42. The highest BCUT2D eigenvalue weighted by Gasteiger charge is 2.33. The molecule has 1 saturated heterocycles. The molecule has 0 bridgehead atoms. The Labute approximate surface area is 144 Å². The maximum atomic E-state index is 12.3. The Balaban J connectivity index is 1.43. The van der Waals surface area contributed by atoms with Gasteiger partial charge in [-0.1, -0.05) is 36.6 Å². The van der Waals surface area contributed by atoms with E-state index in [4.69, 9.17) is 11.6 Å². The minimum absolute atomic E-state index is 0.165. The SMILES string of the molecule is O=C(CN1CCC[C@H]2CCCC[C@@H]21)NCCc1cccc(Cl)c1. The Morgan fingerprint density at radius 1 is 1.22 bits per heavy atom. The van der Waals surface area contributed by atoms with E-state index in [2.05, 4.69) is 16.3 Å². The van der Waals surface area contributed by atoms with Gasteiger partial charge in [-0.25, -0.2) is 0 Å². The fraction of sp³-hybridized carbons (Fsp3) is 0.632. The van der Waals surface area contributed by atoms with E-state index >= 15 is 0 Å². The topological polar surface area (TPSA) is 32.3 Å². The standard InChI is InChI=1S/C19H27ClN2O/c20-17-8-3-5-15(13-17)10-11-21-19(23)14-22-12-4-7-16-6-1-2-9-18(16)22/h3,5,8,13,16,18H,1-2,4,6-7,9-12,14H2,(H,21,23)/t16-,18+/m1/s1. The third-order valence-corrected chi connectivity index (χ3v) is 5.56. The number of rotatable bonds is 5. The molecule has 1 saturated carbocycles. The molecule has 1 aliphatic carbocycles. The number of nitrogens with zero attached hydrogens (tertiary/aromatic N) is 1. The molecule has 2 aliphatic rings. The first-order valence-corrected chi connectivity index (χ1v) is 9.35. The number of amides is 1. The molecule has 0 unspecified atom stereocenters. The summed E-state index contributed by atoms with van der Waals surface area (Å²) in [6, 6.07) is 8.49. The second kappa shape index (κ2) is 8.16. The van der Waals surface area contributed by atoms with Crippen LogP contribution in [0.3, 0.4) is 0 Å². The summed E-state index contributed by atoms with van der Waals surface area (Å²) in [6.07, 6.45) is 8.78. The number of fused-ring (bicyclic) bond motifs is 1. The summed E-state index contributed by atoms with van der Waals surface area (Å²) in [5.41, 5.74) is 1.17. The van der Waals surface area contributed by atoms with E-state index in [0.717, 1.165) is 23.9 Å². The van der Waals surface area contributed by atoms with Gasteiger partial charge < -0.3 is 5.32 Å². The predicted molar refractivity (Wildman–Crippen MR) is 94.7 cm³/mol. The molecule has 2 fully saturated rings. The number of halogens is 1. The Hall–Kier alpha value is -1.06. The van der Waals surface area contributed by atoms with Crippen LogP contribution in [-0.2, 0) is 11.2 Å². The van der Waals surface area contributed by atoms with E-state index in [0.29, 0.717) is 19.1 Å². The van der Waals surface area contributed by atoms with Gasteiger partial charge in [0.05, 0.1) is 6.54 Å². The van der Waals surface area contributed by atoms with Crippen molar-refractivity contribution in [2.24, 2.45) is 5.92 Å². The van der Waals surface area contributed by atoms with E-state index in [1.807, 2.05) is 18.2 Å². The summed E-state index contributed by atoms with van der Waals surface area (Å²) in [6.45, 7) is 2.33. The van der Waals surface area contributed by atoms with E-state index < -0.39 is 0 Å². The van der Waals surface area contributed by atoms with Crippen molar-refractivity contribution in [2.75, 3.05) is 19.6 Å². The maximum absolute atomic E-state index is 12.3. The quantitative estimate of drug-likeness (QED) is 0.891. The van der Waals surface area contributed by atoms with Crippen LogP contribution in [0.15, 0.2) is 24.3 Å². The third-order valence-electron chi connectivity index (χ3n) is 5.33. The maximum Gasteiger partial charge on any atom is 0.234 e. The first-order valence-electron chi connectivity index (χ1n) is 8.97. The second-order valence-corrected chi connectivity index (χ2v) is 7.39. The van der Waals surface area contributed by atoms with E-state index in [9.17, 15) is 4.79 Å². The predicted octanol–water partition coefficient (Wildman–Crippen LogP) is 3.65. The van der Waals surface area contributed by atoms with Gasteiger partial charge in [-0.05, 0) is 62.3 Å². The Morgan fingerprint density at radius 2 is 2.04 bits per heavy atom. The largest absolute Gasteiger partial charge is 0.355 e. The molecule has 0 radical (unpaired) electrons.